The van der Waals surface area contributed by atoms with Gasteiger partial charge in [-0.3, -0.25) is 4.79 Å². The molecule has 0 aromatic carbocycles. The summed E-state index contributed by atoms with van der Waals surface area (Å²) in [6, 6.07) is 2.81. The minimum absolute atomic E-state index is 0.00815. The molecule has 2 N–H and O–H groups in total. The highest BCUT2D eigenvalue weighted by Gasteiger charge is 2.78. The van der Waals surface area contributed by atoms with E-state index in [1.54, 1.807) is 13.8 Å². The van der Waals surface area contributed by atoms with Crippen LogP contribution in [0.5, 0.6) is 0 Å². The zero-order valence-corrected chi connectivity index (χ0v) is 19.7. The Morgan fingerprint density at radius 1 is 1.23 bits per heavy atom. The van der Waals surface area contributed by atoms with Crippen molar-refractivity contribution in [2.24, 2.45) is 28.6 Å². The molecule has 5 rings (SSSR count). The first kappa shape index (κ1) is 23.9. The number of ether oxygens (including phenoxy) is 1. The Labute approximate surface area is 200 Å². The van der Waals surface area contributed by atoms with Gasteiger partial charge in [-0.25, -0.2) is 18.4 Å². The fourth-order valence-corrected chi connectivity index (χ4v) is 7.83. The summed E-state index contributed by atoms with van der Waals surface area (Å²) in [7, 11) is 0. The number of carbonyl (C=O) groups excluding carboxylic acids is 2. The Bertz CT molecular complexity index is 1160. The van der Waals surface area contributed by atoms with E-state index in [1.165, 1.54) is 37.5 Å². The van der Waals surface area contributed by atoms with Gasteiger partial charge in [0.05, 0.1) is 12.4 Å². The summed E-state index contributed by atoms with van der Waals surface area (Å²) >= 11 is 0. The highest BCUT2D eigenvalue weighted by atomic mass is 19.1. The normalized spacial score (nSPS) is 46.3. The number of aliphatic carboxylic acids is 1. The van der Waals surface area contributed by atoms with Crippen LogP contribution in [0.25, 0.3) is 0 Å². The summed E-state index contributed by atoms with van der Waals surface area (Å²) in [4.78, 5) is 37.6. The molecule has 4 aliphatic carbocycles. The number of aliphatic hydroxyl groups is 1. The van der Waals surface area contributed by atoms with E-state index >= 15 is 8.78 Å². The molecule has 1 aromatic rings. The number of rotatable bonds is 3. The molecule has 0 spiro atoms. The van der Waals surface area contributed by atoms with E-state index in [0.29, 0.717) is 0 Å². The van der Waals surface area contributed by atoms with E-state index in [0.717, 1.165) is 6.08 Å². The van der Waals surface area contributed by atoms with Gasteiger partial charge in [-0.1, -0.05) is 19.9 Å². The smallest absolute Gasteiger partial charge is 0.375 e. The van der Waals surface area contributed by atoms with Gasteiger partial charge in [-0.05, 0) is 62.0 Å². The van der Waals surface area contributed by atoms with Crippen molar-refractivity contribution >= 4 is 17.7 Å². The Kier molecular flexibility index (Phi) is 5.02. The van der Waals surface area contributed by atoms with Crippen LogP contribution in [0.2, 0.25) is 0 Å². The van der Waals surface area contributed by atoms with E-state index < -0.39 is 69.9 Å². The lowest BCUT2D eigenvalue weighted by Gasteiger charge is -2.62. The van der Waals surface area contributed by atoms with Crippen LogP contribution < -0.4 is 0 Å². The summed E-state index contributed by atoms with van der Waals surface area (Å²) in [6.45, 7) is 4.67. The van der Waals surface area contributed by atoms with Crippen LogP contribution in [0.3, 0.4) is 0 Å². The molecular formula is C26H28F2O7. The maximum absolute atomic E-state index is 17.2. The number of halogens is 2. The number of allylic oxidation sites excluding steroid dienone is 4. The van der Waals surface area contributed by atoms with Crippen LogP contribution in [-0.2, 0) is 14.3 Å². The van der Waals surface area contributed by atoms with E-state index in [2.05, 4.69) is 0 Å². The van der Waals surface area contributed by atoms with Crippen LogP contribution in [0.4, 0.5) is 8.78 Å². The van der Waals surface area contributed by atoms with Crippen molar-refractivity contribution in [2.75, 3.05) is 0 Å². The molecule has 0 amide bonds. The number of esters is 1. The van der Waals surface area contributed by atoms with Crippen LogP contribution in [0.1, 0.15) is 50.6 Å². The molecule has 1 heterocycles. The van der Waals surface area contributed by atoms with Crippen LogP contribution in [-0.4, -0.2) is 51.5 Å². The zero-order chi connectivity index (χ0) is 25.6. The zero-order valence-electron chi connectivity index (χ0n) is 19.7. The second kappa shape index (κ2) is 7.35. The number of furan rings is 1. The highest BCUT2D eigenvalue weighted by molar-refractivity contribution is 6.01. The third-order valence-electron chi connectivity index (χ3n) is 9.46. The molecule has 1 aromatic heterocycles. The second-order valence-electron chi connectivity index (χ2n) is 10.9. The molecule has 7 nitrogen and oxygen atoms in total. The first-order valence-corrected chi connectivity index (χ1v) is 11.8. The van der Waals surface area contributed by atoms with Crippen LogP contribution >= 0.6 is 0 Å². The average Bonchev–Trinajstić information content (AvgIpc) is 3.39. The molecular weight excluding hydrogens is 462 g/mol. The van der Waals surface area contributed by atoms with Crippen molar-refractivity contribution in [3.63, 3.8) is 0 Å². The van der Waals surface area contributed by atoms with Gasteiger partial charge in [-0.2, -0.15) is 0 Å². The summed E-state index contributed by atoms with van der Waals surface area (Å²) in [5.74, 6) is -5.55. The number of aliphatic hydroxyl groups excluding tert-OH is 1. The maximum atomic E-state index is 17.2. The molecule has 4 aliphatic rings. The first-order chi connectivity index (χ1) is 16.3. The molecule has 9 atom stereocenters. The minimum atomic E-state index is -2.35. The molecule has 3 saturated carbocycles. The number of carboxylic acid groups (broad SMARTS) is 1. The first-order valence-electron chi connectivity index (χ1n) is 11.8. The molecule has 35 heavy (non-hydrogen) atoms. The Hall–Kier alpha value is -2.81. The number of hydrogen-bond acceptors (Lipinski definition) is 6. The summed E-state index contributed by atoms with van der Waals surface area (Å²) < 4.78 is 43.5. The van der Waals surface area contributed by atoms with Gasteiger partial charge in [-0.15, -0.1) is 0 Å². The van der Waals surface area contributed by atoms with Gasteiger partial charge >= 0.3 is 11.9 Å². The van der Waals surface area contributed by atoms with Gasteiger partial charge in [0.1, 0.15) is 6.17 Å². The lowest BCUT2D eigenvalue weighted by atomic mass is 9.44. The summed E-state index contributed by atoms with van der Waals surface area (Å²) in [5, 5.41) is 21.8. The lowest BCUT2D eigenvalue weighted by molar-refractivity contribution is -0.229. The largest absolute Gasteiger partial charge is 0.478 e. The minimum Gasteiger partial charge on any atom is -0.478 e. The van der Waals surface area contributed by atoms with Gasteiger partial charge < -0.3 is 19.4 Å². The third kappa shape index (κ3) is 2.76. The maximum Gasteiger partial charge on any atom is 0.375 e. The third-order valence-corrected chi connectivity index (χ3v) is 9.46. The number of carboxylic acids is 1. The standard InChI is InChI=1S/C26H28F2O7/c1-13-9-15-16-11-18(27)17-10-14(29)6-7-23(17,2)25(16,28)20(30)12-24(15,3)26(13,22(32)33)35-21(31)19-5-4-8-34-19/h4-8,10,13,15-16,18,20,30H,9,11-12H2,1-3H3,(H,32,33). The Morgan fingerprint density at radius 2 is 1.94 bits per heavy atom. The fraction of sp³-hybridized carbons (Fsp3) is 0.577. The van der Waals surface area contributed by atoms with Gasteiger partial charge in [0.2, 0.25) is 11.4 Å². The van der Waals surface area contributed by atoms with Crippen LogP contribution in [0.15, 0.2) is 46.6 Å². The molecule has 0 aliphatic heterocycles. The fourth-order valence-electron chi connectivity index (χ4n) is 7.83. The highest BCUT2D eigenvalue weighted by Crippen LogP contribution is 2.71. The number of alkyl halides is 2. The van der Waals surface area contributed by atoms with Crippen molar-refractivity contribution in [2.45, 2.75) is 63.6 Å². The average molecular weight is 490 g/mol. The van der Waals surface area contributed by atoms with Crippen molar-refractivity contribution in [3.05, 3.63) is 48.0 Å². The van der Waals surface area contributed by atoms with Gasteiger partial charge in [0.15, 0.2) is 11.5 Å². The van der Waals surface area contributed by atoms with Crippen molar-refractivity contribution in [1.29, 1.82) is 0 Å². The molecule has 9 unspecified atom stereocenters. The van der Waals surface area contributed by atoms with Crippen molar-refractivity contribution < 1.29 is 42.5 Å². The predicted octanol–water partition coefficient (Wildman–Crippen LogP) is 3.82. The topological polar surface area (TPSA) is 114 Å². The molecule has 0 radical (unpaired) electrons. The van der Waals surface area contributed by atoms with Crippen molar-refractivity contribution in [3.8, 4) is 0 Å². The second-order valence-corrected chi connectivity index (χ2v) is 10.9. The number of carbonyl (C=O) groups is 3. The quantitative estimate of drug-likeness (QED) is 0.619. The SMILES string of the molecule is CC1CC2C3CC(F)C4=CC(=O)C=CC4(C)C3(F)C(O)CC2(C)C1(OC(=O)c1ccco1)C(=O)O. The van der Waals surface area contributed by atoms with Gasteiger partial charge in [0, 0.05) is 22.7 Å². The molecule has 9 heteroatoms. The lowest BCUT2D eigenvalue weighted by Crippen LogP contribution is -2.71. The monoisotopic (exact) mass is 490 g/mol. The Morgan fingerprint density at radius 3 is 2.57 bits per heavy atom. The van der Waals surface area contributed by atoms with E-state index in [1.807, 2.05) is 0 Å². The number of fused-ring (bicyclic) bond motifs is 5. The van der Waals surface area contributed by atoms with Gasteiger partial charge in [0.25, 0.3) is 0 Å². The van der Waals surface area contributed by atoms with E-state index in [-0.39, 0.29) is 30.6 Å². The predicted molar refractivity (Wildman–Crippen MR) is 118 cm³/mol. The molecule has 3 fully saturated rings. The van der Waals surface area contributed by atoms with E-state index in [4.69, 9.17) is 9.15 Å². The summed E-state index contributed by atoms with van der Waals surface area (Å²) in [5.41, 5.74) is -7.42. The number of hydrogen-bond donors (Lipinski definition) is 2. The Balaban J connectivity index is 1.62. The van der Waals surface area contributed by atoms with Crippen LogP contribution in [0, 0.1) is 28.6 Å². The molecule has 0 bridgehead atoms. The molecule has 0 saturated heterocycles. The van der Waals surface area contributed by atoms with E-state index in [9.17, 15) is 24.6 Å². The number of ketones is 1. The summed E-state index contributed by atoms with van der Waals surface area (Å²) in [6.07, 6.45) is 1.05. The van der Waals surface area contributed by atoms with Crippen molar-refractivity contribution in [1.82, 2.24) is 0 Å². The molecule has 188 valence electrons.